The molecule has 0 unspecified atom stereocenters. The van der Waals surface area contributed by atoms with E-state index in [0.717, 1.165) is 5.69 Å². The number of halogens is 3. The Morgan fingerprint density at radius 2 is 1.95 bits per heavy atom. The number of nitrogens with zero attached hydrogens (tertiary/aromatic N) is 3. The van der Waals surface area contributed by atoms with Crippen LogP contribution in [-0.4, -0.2) is 14.5 Å². The van der Waals surface area contributed by atoms with E-state index in [-0.39, 0.29) is 11.7 Å². The van der Waals surface area contributed by atoms with E-state index >= 15 is 0 Å². The zero-order valence-electron chi connectivity index (χ0n) is 9.65. The number of alkyl halides is 1. The number of hydrogen-bond acceptors (Lipinski definition) is 2. The number of benzene rings is 1. The predicted octanol–water partition coefficient (Wildman–Crippen LogP) is 3.95. The van der Waals surface area contributed by atoms with Crippen LogP contribution < -0.4 is 0 Å². The van der Waals surface area contributed by atoms with Crippen molar-refractivity contribution in [2.45, 2.75) is 5.88 Å². The van der Waals surface area contributed by atoms with Crippen LogP contribution in [-0.2, 0) is 5.88 Å². The van der Waals surface area contributed by atoms with Crippen LogP contribution in [0.25, 0.3) is 16.9 Å². The summed E-state index contributed by atoms with van der Waals surface area (Å²) in [7, 11) is 0. The lowest BCUT2D eigenvalue weighted by Crippen LogP contribution is -2.00. The maximum Gasteiger partial charge on any atom is 0.164 e. The molecule has 96 valence electrons. The second kappa shape index (κ2) is 4.79. The Hall–Kier alpha value is -1.65. The fourth-order valence-corrected chi connectivity index (χ4v) is 2.27. The normalized spacial score (nSPS) is 11.1. The van der Waals surface area contributed by atoms with Crippen molar-refractivity contribution in [3.05, 3.63) is 53.2 Å². The Kier molecular flexibility index (Phi) is 3.12. The van der Waals surface area contributed by atoms with Gasteiger partial charge in [-0.25, -0.2) is 14.4 Å². The van der Waals surface area contributed by atoms with Crippen LogP contribution in [0.3, 0.4) is 0 Å². The highest BCUT2D eigenvalue weighted by Gasteiger charge is 2.13. The van der Waals surface area contributed by atoms with Gasteiger partial charge in [0, 0.05) is 11.9 Å². The monoisotopic (exact) mass is 295 g/mol. The molecule has 2 aromatic heterocycles. The first-order valence-electron chi connectivity index (χ1n) is 5.54. The molecule has 0 N–H and O–H groups in total. The van der Waals surface area contributed by atoms with E-state index in [1.165, 1.54) is 12.1 Å². The average Bonchev–Trinajstić information content (AvgIpc) is 2.77. The first-order valence-corrected chi connectivity index (χ1v) is 6.45. The lowest BCUT2D eigenvalue weighted by atomic mass is 10.3. The summed E-state index contributed by atoms with van der Waals surface area (Å²) in [4.78, 5) is 8.65. The maximum atomic E-state index is 13.0. The molecule has 0 aliphatic rings. The van der Waals surface area contributed by atoms with Gasteiger partial charge >= 0.3 is 0 Å². The van der Waals surface area contributed by atoms with E-state index in [4.69, 9.17) is 23.2 Å². The summed E-state index contributed by atoms with van der Waals surface area (Å²) >= 11 is 11.8. The highest BCUT2D eigenvalue weighted by molar-refractivity contribution is 6.31. The minimum absolute atomic E-state index is 0.228. The molecule has 0 aliphatic carbocycles. The molecule has 0 aliphatic heterocycles. The third kappa shape index (κ3) is 2.17. The van der Waals surface area contributed by atoms with Crippen molar-refractivity contribution >= 4 is 34.4 Å². The Bertz CT molecular complexity index is 737. The van der Waals surface area contributed by atoms with E-state index in [9.17, 15) is 4.39 Å². The average molecular weight is 296 g/mol. The van der Waals surface area contributed by atoms with Crippen LogP contribution in [0.4, 0.5) is 4.39 Å². The zero-order chi connectivity index (χ0) is 13.4. The Morgan fingerprint density at radius 3 is 2.63 bits per heavy atom. The summed E-state index contributed by atoms with van der Waals surface area (Å²) in [6.07, 6.45) is 1.55. The van der Waals surface area contributed by atoms with Gasteiger partial charge in [-0.05, 0) is 30.3 Å². The number of imidazole rings is 1. The molecule has 0 amide bonds. The van der Waals surface area contributed by atoms with Crippen molar-refractivity contribution in [1.29, 1.82) is 0 Å². The van der Waals surface area contributed by atoms with Crippen molar-refractivity contribution in [2.75, 3.05) is 0 Å². The summed E-state index contributed by atoms with van der Waals surface area (Å²) in [6, 6.07) is 7.80. The molecule has 0 radical (unpaired) electrons. The molecule has 0 atom stereocenters. The minimum atomic E-state index is -0.295. The van der Waals surface area contributed by atoms with E-state index in [1.54, 1.807) is 29.0 Å². The molecule has 0 spiro atoms. The predicted molar refractivity (Wildman–Crippen MR) is 73.4 cm³/mol. The SMILES string of the molecule is Fc1ccc(-n2c(CCl)nc3cc(Cl)cnc32)cc1. The molecule has 0 bridgehead atoms. The van der Waals surface area contributed by atoms with Crippen LogP contribution in [0, 0.1) is 5.82 Å². The van der Waals surface area contributed by atoms with Crippen LogP contribution >= 0.6 is 23.2 Å². The third-order valence-electron chi connectivity index (χ3n) is 2.74. The minimum Gasteiger partial charge on any atom is -0.280 e. The fourth-order valence-electron chi connectivity index (χ4n) is 1.94. The van der Waals surface area contributed by atoms with Gasteiger partial charge in [-0.3, -0.25) is 4.57 Å². The summed E-state index contributed by atoms with van der Waals surface area (Å²) in [5.74, 6) is 0.570. The van der Waals surface area contributed by atoms with E-state index in [1.807, 2.05) is 0 Å². The van der Waals surface area contributed by atoms with Crippen LogP contribution in [0.15, 0.2) is 36.5 Å². The van der Waals surface area contributed by atoms with Gasteiger partial charge in [0.1, 0.15) is 17.2 Å². The van der Waals surface area contributed by atoms with E-state index in [2.05, 4.69) is 9.97 Å². The van der Waals surface area contributed by atoms with Gasteiger partial charge in [-0.2, -0.15) is 0 Å². The van der Waals surface area contributed by atoms with Crippen LogP contribution in [0.5, 0.6) is 0 Å². The molecular formula is C13H8Cl2FN3. The van der Waals surface area contributed by atoms with Crippen LogP contribution in [0.2, 0.25) is 5.02 Å². The Balaban J connectivity index is 2.29. The first-order chi connectivity index (χ1) is 9.19. The largest absolute Gasteiger partial charge is 0.280 e. The van der Waals surface area contributed by atoms with E-state index < -0.39 is 0 Å². The maximum absolute atomic E-state index is 13.0. The number of fused-ring (bicyclic) bond motifs is 1. The molecular weight excluding hydrogens is 288 g/mol. The molecule has 1 aromatic carbocycles. The highest BCUT2D eigenvalue weighted by atomic mass is 35.5. The van der Waals surface area contributed by atoms with Crippen molar-refractivity contribution in [2.24, 2.45) is 0 Å². The van der Waals surface area contributed by atoms with Gasteiger partial charge in [0.15, 0.2) is 5.65 Å². The lowest BCUT2D eigenvalue weighted by Gasteiger charge is -2.06. The molecule has 19 heavy (non-hydrogen) atoms. The second-order valence-corrected chi connectivity index (χ2v) is 4.67. The van der Waals surface area contributed by atoms with Crippen molar-refractivity contribution in [3.63, 3.8) is 0 Å². The molecule has 6 heteroatoms. The lowest BCUT2D eigenvalue weighted by molar-refractivity contribution is 0.627. The molecule has 3 nitrogen and oxygen atoms in total. The number of rotatable bonds is 2. The molecule has 0 saturated heterocycles. The summed E-state index contributed by atoms with van der Waals surface area (Å²) in [5.41, 5.74) is 2.06. The van der Waals surface area contributed by atoms with Crippen molar-refractivity contribution in [1.82, 2.24) is 14.5 Å². The number of pyridine rings is 1. The summed E-state index contributed by atoms with van der Waals surface area (Å²) < 4.78 is 14.8. The van der Waals surface area contributed by atoms with Gasteiger partial charge < -0.3 is 0 Å². The molecule has 3 aromatic rings. The zero-order valence-corrected chi connectivity index (χ0v) is 11.2. The summed E-state index contributed by atoms with van der Waals surface area (Å²) in [5, 5.41) is 0.511. The van der Waals surface area contributed by atoms with Gasteiger partial charge in [0.05, 0.1) is 10.9 Å². The van der Waals surface area contributed by atoms with E-state index in [0.29, 0.717) is 22.0 Å². The quantitative estimate of drug-likeness (QED) is 0.670. The molecule has 0 saturated carbocycles. The third-order valence-corrected chi connectivity index (χ3v) is 3.18. The molecule has 3 rings (SSSR count). The van der Waals surface area contributed by atoms with Gasteiger partial charge in [-0.1, -0.05) is 11.6 Å². The van der Waals surface area contributed by atoms with Crippen molar-refractivity contribution in [3.8, 4) is 5.69 Å². The Morgan fingerprint density at radius 1 is 1.21 bits per heavy atom. The van der Waals surface area contributed by atoms with Gasteiger partial charge in [-0.15, -0.1) is 11.6 Å². The molecule has 2 heterocycles. The fraction of sp³-hybridized carbons (Fsp3) is 0.0769. The topological polar surface area (TPSA) is 30.7 Å². The number of hydrogen-bond donors (Lipinski definition) is 0. The standard InChI is InChI=1S/C13H8Cl2FN3/c14-6-12-18-11-5-8(15)7-17-13(11)19(12)10-3-1-9(16)2-4-10/h1-5,7H,6H2. The van der Waals surface area contributed by atoms with Crippen molar-refractivity contribution < 1.29 is 4.39 Å². The van der Waals surface area contributed by atoms with Crippen LogP contribution in [0.1, 0.15) is 5.82 Å². The van der Waals surface area contributed by atoms with Gasteiger partial charge in [0.25, 0.3) is 0 Å². The summed E-state index contributed by atoms with van der Waals surface area (Å²) in [6.45, 7) is 0. The highest BCUT2D eigenvalue weighted by Crippen LogP contribution is 2.23. The first kappa shape index (κ1) is 12.4. The smallest absolute Gasteiger partial charge is 0.164 e. The van der Waals surface area contributed by atoms with Gasteiger partial charge in [0.2, 0.25) is 0 Å². The molecule has 0 fully saturated rings. The second-order valence-electron chi connectivity index (χ2n) is 3.97. The number of aromatic nitrogens is 3. The Labute approximate surface area is 118 Å².